The third kappa shape index (κ3) is 4.32. The van der Waals surface area contributed by atoms with Crippen LogP contribution in [0.2, 0.25) is 5.02 Å². The van der Waals surface area contributed by atoms with Crippen LogP contribution < -0.4 is 10.6 Å². The fraction of sp³-hybridized carbons (Fsp3) is 0.158. The van der Waals surface area contributed by atoms with Crippen molar-refractivity contribution in [2.75, 3.05) is 17.7 Å². The fourth-order valence-electron chi connectivity index (χ4n) is 2.62. The molecule has 0 aliphatic heterocycles. The van der Waals surface area contributed by atoms with Crippen molar-refractivity contribution in [2.45, 2.75) is 13.8 Å². The highest BCUT2D eigenvalue weighted by molar-refractivity contribution is 6.33. The molecule has 7 nitrogen and oxygen atoms in total. The molecule has 0 radical (unpaired) electrons. The molecular formula is C19H18ClN5O2. The van der Waals surface area contributed by atoms with Gasteiger partial charge in [-0.25, -0.2) is 4.79 Å². The van der Waals surface area contributed by atoms with Crippen LogP contribution in [0.4, 0.5) is 23.1 Å². The zero-order valence-electron chi connectivity index (χ0n) is 15.1. The molecule has 0 aliphatic carbocycles. The first kappa shape index (κ1) is 18.6. The zero-order chi connectivity index (χ0) is 19.4. The molecule has 8 heteroatoms. The second-order valence-corrected chi connectivity index (χ2v) is 6.30. The molecule has 0 aliphatic rings. The van der Waals surface area contributed by atoms with E-state index in [2.05, 4.69) is 25.8 Å². The number of benzene rings is 2. The molecule has 0 unspecified atom stereocenters. The van der Waals surface area contributed by atoms with Gasteiger partial charge in [-0.15, -0.1) is 5.10 Å². The van der Waals surface area contributed by atoms with Crippen molar-refractivity contribution in [1.29, 1.82) is 0 Å². The van der Waals surface area contributed by atoms with Crippen LogP contribution in [0.1, 0.15) is 21.5 Å². The van der Waals surface area contributed by atoms with E-state index in [1.807, 2.05) is 26.0 Å². The summed E-state index contributed by atoms with van der Waals surface area (Å²) in [5.41, 5.74) is 3.71. The van der Waals surface area contributed by atoms with Crippen molar-refractivity contribution in [2.24, 2.45) is 0 Å². The fourth-order valence-corrected chi connectivity index (χ4v) is 2.99. The number of rotatable bonds is 5. The second kappa shape index (κ2) is 8.01. The van der Waals surface area contributed by atoms with Crippen LogP contribution in [0, 0.1) is 13.8 Å². The minimum atomic E-state index is -0.456. The molecule has 0 atom stereocenters. The van der Waals surface area contributed by atoms with E-state index in [9.17, 15) is 4.79 Å². The van der Waals surface area contributed by atoms with Gasteiger partial charge >= 0.3 is 5.97 Å². The number of ether oxygens (including phenoxy) is 1. The van der Waals surface area contributed by atoms with Gasteiger partial charge in [0.1, 0.15) is 0 Å². The molecule has 0 spiro atoms. The van der Waals surface area contributed by atoms with Gasteiger partial charge in [0.15, 0.2) is 5.82 Å². The topological polar surface area (TPSA) is 89.0 Å². The van der Waals surface area contributed by atoms with Crippen LogP contribution in [0.5, 0.6) is 0 Å². The van der Waals surface area contributed by atoms with Gasteiger partial charge in [0.05, 0.1) is 35.3 Å². The number of nitrogens with one attached hydrogen (secondary N) is 2. The van der Waals surface area contributed by atoms with Crippen molar-refractivity contribution in [3.8, 4) is 0 Å². The summed E-state index contributed by atoms with van der Waals surface area (Å²) >= 11 is 6.33. The Morgan fingerprint density at radius 1 is 1.15 bits per heavy atom. The molecule has 1 heterocycles. The summed E-state index contributed by atoms with van der Waals surface area (Å²) in [6.07, 6.45) is 1.49. The van der Waals surface area contributed by atoms with Crippen LogP contribution in [-0.4, -0.2) is 28.3 Å². The Bertz CT molecular complexity index is 970. The van der Waals surface area contributed by atoms with Crippen molar-refractivity contribution in [3.63, 3.8) is 0 Å². The number of nitrogens with zero attached hydrogens (tertiary/aromatic N) is 3. The first-order chi connectivity index (χ1) is 13.0. The molecule has 138 valence electrons. The number of esters is 1. The van der Waals surface area contributed by atoms with Crippen molar-refractivity contribution in [1.82, 2.24) is 15.2 Å². The minimum absolute atomic E-state index is 0.234. The minimum Gasteiger partial charge on any atom is -0.465 e. The van der Waals surface area contributed by atoms with E-state index in [1.54, 1.807) is 24.3 Å². The first-order valence-electron chi connectivity index (χ1n) is 8.16. The molecular weight excluding hydrogens is 366 g/mol. The Kier molecular flexibility index (Phi) is 5.52. The van der Waals surface area contributed by atoms with Gasteiger partial charge in [0.2, 0.25) is 5.95 Å². The maximum Gasteiger partial charge on any atom is 0.339 e. The van der Waals surface area contributed by atoms with E-state index in [0.717, 1.165) is 16.8 Å². The zero-order valence-corrected chi connectivity index (χ0v) is 15.8. The smallest absolute Gasteiger partial charge is 0.339 e. The molecule has 2 aromatic carbocycles. The van der Waals surface area contributed by atoms with Crippen molar-refractivity contribution < 1.29 is 9.53 Å². The highest BCUT2D eigenvalue weighted by atomic mass is 35.5. The Balaban J connectivity index is 1.87. The van der Waals surface area contributed by atoms with Gasteiger partial charge in [-0.2, -0.15) is 10.1 Å². The summed E-state index contributed by atoms with van der Waals surface area (Å²) in [5, 5.41) is 14.7. The number of carbonyl (C=O) groups is 1. The molecule has 0 fully saturated rings. The van der Waals surface area contributed by atoms with Gasteiger partial charge in [-0.3, -0.25) is 0 Å². The van der Waals surface area contributed by atoms with E-state index >= 15 is 0 Å². The van der Waals surface area contributed by atoms with Crippen LogP contribution in [0.3, 0.4) is 0 Å². The average Bonchev–Trinajstić information content (AvgIpc) is 2.65. The Labute approximate surface area is 161 Å². The predicted octanol–water partition coefficient (Wildman–Crippen LogP) is 4.42. The lowest BCUT2D eigenvalue weighted by molar-refractivity contribution is 0.0602. The SMILES string of the molecule is COC(=O)c1ccccc1Nc1nncc(Nc2c(C)cc(C)cc2Cl)n1. The quantitative estimate of drug-likeness (QED) is 0.630. The third-order valence-corrected chi connectivity index (χ3v) is 4.12. The number of hydrogen-bond acceptors (Lipinski definition) is 7. The number of methoxy groups -OCH3 is 1. The van der Waals surface area contributed by atoms with E-state index in [-0.39, 0.29) is 5.95 Å². The second-order valence-electron chi connectivity index (χ2n) is 5.89. The molecule has 27 heavy (non-hydrogen) atoms. The monoisotopic (exact) mass is 383 g/mol. The molecule has 0 saturated heterocycles. The summed E-state index contributed by atoms with van der Waals surface area (Å²) in [5.74, 6) is 0.247. The maximum absolute atomic E-state index is 11.9. The van der Waals surface area contributed by atoms with E-state index in [0.29, 0.717) is 22.1 Å². The lowest BCUT2D eigenvalue weighted by atomic mass is 10.1. The summed E-state index contributed by atoms with van der Waals surface area (Å²) in [4.78, 5) is 16.3. The molecule has 0 saturated carbocycles. The largest absolute Gasteiger partial charge is 0.465 e. The van der Waals surface area contributed by atoms with Gasteiger partial charge < -0.3 is 15.4 Å². The number of para-hydroxylation sites is 1. The van der Waals surface area contributed by atoms with Crippen LogP contribution >= 0.6 is 11.6 Å². The Morgan fingerprint density at radius 3 is 2.67 bits per heavy atom. The first-order valence-corrected chi connectivity index (χ1v) is 8.53. The van der Waals surface area contributed by atoms with Crippen LogP contribution in [0.25, 0.3) is 0 Å². The van der Waals surface area contributed by atoms with Gasteiger partial charge in [0, 0.05) is 0 Å². The molecule has 2 N–H and O–H groups in total. The normalized spacial score (nSPS) is 10.4. The number of aryl methyl sites for hydroxylation is 2. The summed E-state index contributed by atoms with van der Waals surface area (Å²) in [6, 6.07) is 10.8. The average molecular weight is 384 g/mol. The third-order valence-electron chi connectivity index (χ3n) is 3.82. The highest BCUT2D eigenvalue weighted by Crippen LogP contribution is 2.30. The molecule has 0 amide bonds. The van der Waals surface area contributed by atoms with Crippen LogP contribution in [0.15, 0.2) is 42.6 Å². The molecule has 3 aromatic rings. The molecule has 3 rings (SSSR count). The lowest BCUT2D eigenvalue weighted by Crippen LogP contribution is -2.08. The van der Waals surface area contributed by atoms with E-state index in [4.69, 9.17) is 16.3 Å². The number of carbonyl (C=O) groups excluding carboxylic acids is 1. The maximum atomic E-state index is 11.9. The molecule has 1 aromatic heterocycles. The number of hydrogen-bond donors (Lipinski definition) is 2. The van der Waals surface area contributed by atoms with E-state index < -0.39 is 5.97 Å². The summed E-state index contributed by atoms with van der Waals surface area (Å²) < 4.78 is 4.79. The van der Waals surface area contributed by atoms with Gasteiger partial charge in [0.25, 0.3) is 0 Å². The van der Waals surface area contributed by atoms with Crippen molar-refractivity contribution in [3.05, 3.63) is 64.3 Å². The van der Waals surface area contributed by atoms with Gasteiger partial charge in [-0.1, -0.05) is 29.8 Å². The Morgan fingerprint density at radius 2 is 1.93 bits per heavy atom. The van der Waals surface area contributed by atoms with Gasteiger partial charge in [-0.05, 0) is 43.2 Å². The van der Waals surface area contributed by atoms with E-state index in [1.165, 1.54) is 13.3 Å². The molecule has 0 bridgehead atoms. The Hall–Kier alpha value is -3.19. The number of halogens is 1. The number of anilines is 4. The van der Waals surface area contributed by atoms with Crippen LogP contribution in [-0.2, 0) is 4.74 Å². The lowest BCUT2D eigenvalue weighted by Gasteiger charge is -2.13. The summed E-state index contributed by atoms with van der Waals surface area (Å²) in [7, 11) is 1.33. The van der Waals surface area contributed by atoms with Crippen molar-refractivity contribution >= 4 is 40.7 Å². The summed E-state index contributed by atoms with van der Waals surface area (Å²) in [6.45, 7) is 3.94. The predicted molar refractivity (Wildman–Crippen MR) is 105 cm³/mol. The number of aromatic nitrogens is 3. The highest BCUT2D eigenvalue weighted by Gasteiger charge is 2.13. The standard InChI is InChI=1S/C19H18ClN5O2/c1-11-8-12(2)17(14(20)9-11)23-16-10-21-25-19(24-16)22-15-7-5-4-6-13(15)18(26)27-3/h4-10H,1-3H3,(H2,22,23,24,25).